The van der Waals surface area contributed by atoms with Crippen molar-refractivity contribution in [2.45, 2.75) is 40.2 Å². The van der Waals surface area contributed by atoms with Crippen molar-refractivity contribution in [3.63, 3.8) is 0 Å². The number of nitrogens with zero attached hydrogens (tertiary/aromatic N) is 1. The molecule has 0 saturated heterocycles. The fraction of sp³-hybridized carbons (Fsp3) is 0.636. The topological polar surface area (TPSA) is 75.7 Å². The van der Waals surface area contributed by atoms with Gasteiger partial charge < -0.3 is 10.8 Å². The van der Waals surface area contributed by atoms with Crippen molar-refractivity contribution in [3.05, 3.63) is 11.8 Å². The Bertz CT molecular complexity index is 296. The molecule has 4 heteroatoms. The maximum atomic E-state index is 10.6. The van der Waals surface area contributed by atoms with E-state index in [0.717, 1.165) is 0 Å². The monoisotopic (exact) mass is 212 g/mol. The minimum atomic E-state index is -1.11. The maximum absolute atomic E-state index is 10.6. The predicted octanol–water partition coefficient (Wildman–Crippen LogP) is 1.81. The van der Waals surface area contributed by atoms with E-state index in [1.54, 1.807) is 0 Å². The molecule has 0 radical (unpaired) electrons. The van der Waals surface area contributed by atoms with Crippen molar-refractivity contribution >= 4 is 11.7 Å². The van der Waals surface area contributed by atoms with Crippen LogP contribution in [0.3, 0.4) is 0 Å². The van der Waals surface area contributed by atoms with Gasteiger partial charge in [-0.15, -0.1) is 0 Å². The van der Waals surface area contributed by atoms with Gasteiger partial charge in [-0.25, -0.2) is 4.79 Å². The molecule has 0 aliphatic rings. The molecule has 3 N–H and O–H groups in total. The third-order valence-electron chi connectivity index (χ3n) is 1.61. The van der Waals surface area contributed by atoms with Crippen molar-refractivity contribution in [1.29, 1.82) is 0 Å². The second-order valence-corrected chi connectivity index (χ2v) is 4.77. The van der Waals surface area contributed by atoms with E-state index in [0.29, 0.717) is 5.71 Å². The summed E-state index contributed by atoms with van der Waals surface area (Å²) in [6.07, 6.45) is 1.43. The average molecular weight is 212 g/mol. The van der Waals surface area contributed by atoms with Crippen molar-refractivity contribution in [2.24, 2.45) is 16.6 Å². The molecule has 15 heavy (non-hydrogen) atoms. The zero-order valence-electron chi connectivity index (χ0n) is 10.0. The molecule has 0 amide bonds. The van der Waals surface area contributed by atoms with Gasteiger partial charge in [-0.1, -0.05) is 13.8 Å². The van der Waals surface area contributed by atoms with E-state index in [9.17, 15) is 4.79 Å². The van der Waals surface area contributed by atoms with E-state index in [4.69, 9.17) is 10.8 Å². The zero-order chi connectivity index (χ0) is 12.2. The molecule has 0 heterocycles. The Morgan fingerprint density at radius 2 is 1.87 bits per heavy atom. The van der Waals surface area contributed by atoms with Gasteiger partial charge >= 0.3 is 5.97 Å². The van der Waals surface area contributed by atoms with Crippen molar-refractivity contribution < 1.29 is 9.90 Å². The molecule has 0 aromatic rings. The third kappa shape index (κ3) is 5.88. The van der Waals surface area contributed by atoms with E-state index in [-0.39, 0.29) is 17.2 Å². The van der Waals surface area contributed by atoms with Crippen LogP contribution in [0.15, 0.2) is 16.8 Å². The lowest BCUT2D eigenvalue weighted by molar-refractivity contribution is -0.132. The molecule has 0 spiro atoms. The molecule has 4 nitrogen and oxygen atoms in total. The predicted molar refractivity (Wildman–Crippen MR) is 61.9 cm³/mol. The molecule has 0 saturated carbocycles. The number of hydrogen-bond acceptors (Lipinski definition) is 3. The molecular weight excluding hydrogens is 192 g/mol. The molecule has 0 aromatic carbocycles. The first kappa shape index (κ1) is 13.7. The molecule has 0 aliphatic heterocycles. The van der Waals surface area contributed by atoms with Crippen LogP contribution in [0.25, 0.3) is 0 Å². The molecular formula is C11H20N2O2. The van der Waals surface area contributed by atoms with Crippen LogP contribution < -0.4 is 5.73 Å². The van der Waals surface area contributed by atoms with E-state index >= 15 is 0 Å². The quantitative estimate of drug-likeness (QED) is 0.553. The highest BCUT2D eigenvalue weighted by Gasteiger charge is 2.12. The SMILES string of the molecule is CC(C)C(C=C(N)C(=O)O)=NC(C)(C)C. The van der Waals surface area contributed by atoms with Crippen LogP contribution in [-0.2, 0) is 4.79 Å². The van der Waals surface area contributed by atoms with Crippen LogP contribution in [0.4, 0.5) is 0 Å². The standard InChI is InChI=1S/C11H20N2O2/c1-7(2)9(13-11(3,4)5)6-8(12)10(14)15/h6-7H,12H2,1-5H3,(H,14,15). The molecule has 0 atom stereocenters. The Morgan fingerprint density at radius 1 is 1.40 bits per heavy atom. The highest BCUT2D eigenvalue weighted by atomic mass is 16.4. The lowest BCUT2D eigenvalue weighted by Gasteiger charge is -2.16. The normalized spacial score (nSPS) is 14.5. The Morgan fingerprint density at radius 3 is 2.13 bits per heavy atom. The summed E-state index contributed by atoms with van der Waals surface area (Å²) in [6.45, 7) is 9.78. The lowest BCUT2D eigenvalue weighted by atomic mass is 10.0. The van der Waals surface area contributed by atoms with E-state index in [1.807, 2.05) is 34.6 Å². The number of aliphatic carboxylic acids is 1. The number of rotatable bonds is 3. The van der Waals surface area contributed by atoms with E-state index in [2.05, 4.69) is 4.99 Å². The van der Waals surface area contributed by atoms with Gasteiger partial charge in [-0.2, -0.15) is 0 Å². The Hall–Kier alpha value is -1.32. The minimum Gasteiger partial charge on any atom is -0.477 e. The highest BCUT2D eigenvalue weighted by molar-refractivity contribution is 6.02. The van der Waals surface area contributed by atoms with Crippen LogP contribution in [0.1, 0.15) is 34.6 Å². The van der Waals surface area contributed by atoms with Gasteiger partial charge in [0.25, 0.3) is 0 Å². The Balaban J connectivity index is 5.10. The van der Waals surface area contributed by atoms with Gasteiger partial charge in [0.05, 0.1) is 5.54 Å². The number of allylic oxidation sites excluding steroid dienone is 1. The van der Waals surface area contributed by atoms with Gasteiger partial charge in [-0.3, -0.25) is 4.99 Å². The van der Waals surface area contributed by atoms with Gasteiger partial charge in [0.2, 0.25) is 0 Å². The Labute approximate surface area is 90.9 Å². The Kier molecular flexibility index (Phi) is 4.52. The number of hydrogen-bond donors (Lipinski definition) is 2. The van der Waals surface area contributed by atoms with Crippen LogP contribution in [0.2, 0.25) is 0 Å². The molecule has 0 unspecified atom stereocenters. The maximum Gasteiger partial charge on any atom is 0.351 e. The summed E-state index contributed by atoms with van der Waals surface area (Å²) in [5.41, 5.74) is 5.66. The number of aliphatic imine (C=N–C) groups is 1. The van der Waals surface area contributed by atoms with Crippen molar-refractivity contribution in [3.8, 4) is 0 Å². The first-order valence-electron chi connectivity index (χ1n) is 4.93. The summed E-state index contributed by atoms with van der Waals surface area (Å²) in [4.78, 5) is 15.0. The average Bonchev–Trinajstić information content (AvgIpc) is 1.99. The van der Waals surface area contributed by atoms with Crippen LogP contribution >= 0.6 is 0 Å². The van der Waals surface area contributed by atoms with Crippen molar-refractivity contribution in [2.75, 3.05) is 0 Å². The highest BCUT2D eigenvalue weighted by Crippen LogP contribution is 2.11. The van der Waals surface area contributed by atoms with Crippen LogP contribution in [0.5, 0.6) is 0 Å². The van der Waals surface area contributed by atoms with E-state index in [1.165, 1.54) is 6.08 Å². The number of carboxylic acid groups (broad SMARTS) is 1. The van der Waals surface area contributed by atoms with Gasteiger partial charge in [0, 0.05) is 5.71 Å². The largest absolute Gasteiger partial charge is 0.477 e. The van der Waals surface area contributed by atoms with Gasteiger partial charge in [0.1, 0.15) is 5.70 Å². The second kappa shape index (κ2) is 4.96. The first-order valence-corrected chi connectivity index (χ1v) is 4.93. The van der Waals surface area contributed by atoms with E-state index < -0.39 is 5.97 Å². The third-order valence-corrected chi connectivity index (χ3v) is 1.61. The van der Waals surface area contributed by atoms with Crippen LogP contribution in [0, 0.1) is 5.92 Å². The molecule has 86 valence electrons. The summed E-state index contributed by atoms with van der Waals surface area (Å²) in [5, 5.41) is 8.66. The molecule has 0 aromatic heterocycles. The summed E-state index contributed by atoms with van der Waals surface area (Å²) in [7, 11) is 0. The number of carboxylic acids is 1. The number of nitrogens with two attached hydrogens (primary N) is 1. The molecule has 0 fully saturated rings. The summed E-state index contributed by atoms with van der Waals surface area (Å²) >= 11 is 0. The summed E-state index contributed by atoms with van der Waals surface area (Å²) in [6, 6.07) is 0. The molecule has 0 rings (SSSR count). The second-order valence-electron chi connectivity index (χ2n) is 4.77. The van der Waals surface area contributed by atoms with Gasteiger partial charge in [0.15, 0.2) is 0 Å². The molecule has 0 bridgehead atoms. The lowest BCUT2D eigenvalue weighted by Crippen LogP contribution is -2.19. The minimum absolute atomic E-state index is 0.155. The fourth-order valence-electron chi connectivity index (χ4n) is 0.936. The number of carbonyl (C=O) groups is 1. The molecule has 0 aliphatic carbocycles. The smallest absolute Gasteiger partial charge is 0.351 e. The van der Waals surface area contributed by atoms with Gasteiger partial charge in [-0.05, 0) is 32.8 Å². The fourth-order valence-corrected chi connectivity index (χ4v) is 0.936. The summed E-state index contributed by atoms with van der Waals surface area (Å²) in [5.74, 6) is -0.959. The van der Waals surface area contributed by atoms with Crippen LogP contribution in [-0.4, -0.2) is 22.3 Å². The zero-order valence-corrected chi connectivity index (χ0v) is 10.0. The summed E-state index contributed by atoms with van der Waals surface area (Å²) < 4.78 is 0. The first-order chi connectivity index (χ1) is 6.63. The van der Waals surface area contributed by atoms with Crippen molar-refractivity contribution in [1.82, 2.24) is 0 Å².